The van der Waals surface area contributed by atoms with Crippen LogP contribution in [0.25, 0.3) is 0 Å². The highest BCUT2D eigenvalue weighted by molar-refractivity contribution is 5.83. The van der Waals surface area contributed by atoms with Gasteiger partial charge in [-0.25, -0.2) is 4.39 Å². The van der Waals surface area contributed by atoms with E-state index in [9.17, 15) is 14.3 Å². The van der Waals surface area contributed by atoms with Crippen molar-refractivity contribution < 1.29 is 14.3 Å². The summed E-state index contributed by atoms with van der Waals surface area (Å²) in [7, 11) is 0. The minimum atomic E-state index is -1.81. The number of carbonyl (C=O) groups is 1. The highest BCUT2D eigenvalue weighted by atomic mass is 19.1. The Morgan fingerprint density at radius 1 is 1.57 bits per heavy atom. The zero-order valence-corrected chi connectivity index (χ0v) is 8.72. The van der Waals surface area contributed by atoms with E-state index in [1.54, 1.807) is 0 Å². The molecule has 4 heteroatoms. The second kappa shape index (κ2) is 4.26. The first kappa shape index (κ1) is 11.4. The summed E-state index contributed by atoms with van der Waals surface area (Å²) in [5.41, 5.74) is -1.81. The molecule has 1 rings (SSSR count). The molecule has 2 atom stereocenters. The van der Waals surface area contributed by atoms with Crippen LogP contribution >= 0.6 is 0 Å². The molecule has 0 aromatic rings. The maximum atomic E-state index is 13.1. The van der Waals surface area contributed by atoms with E-state index < -0.39 is 11.6 Å². The highest BCUT2D eigenvalue weighted by Gasteiger charge is 2.28. The molecule has 1 aliphatic carbocycles. The maximum absolute atomic E-state index is 13.1. The third kappa shape index (κ3) is 3.25. The third-order valence-electron chi connectivity index (χ3n) is 2.60. The van der Waals surface area contributed by atoms with Gasteiger partial charge in [-0.1, -0.05) is 0 Å². The van der Waals surface area contributed by atoms with Crippen molar-refractivity contribution in [2.75, 3.05) is 6.54 Å². The molecule has 14 heavy (non-hydrogen) atoms. The molecule has 0 bridgehead atoms. The van der Waals surface area contributed by atoms with Gasteiger partial charge in [0.25, 0.3) is 5.91 Å². The predicted octanol–water partition coefficient (Wildman–Crippen LogP) is 1.01. The Morgan fingerprint density at radius 2 is 2.21 bits per heavy atom. The van der Waals surface area contributed by atoms with Crippen molar-refractivity contribution in [3.63, 3.8) is 0 Å². The molecule has 1 amide bonds. The Balaban J connectivity index is 2.24. The second-order valence-corrected chi connectivity index (χ2v) is 4.52. The number of aliphatic hydroxyl groups is 1. The van der Waals surface area contributed by atoms with Crippen molar-refractivity contribution in [2.45, 2.75) is 44.9 Å². The summed E-state index contributed by atoms with van der Waals surface area (Å²) < 4.78 is 13.1. The van der Waals surface area contributed by atoms with Gasteiger partial charge in [-0.2, -0.15) is 0 Å². The maximum Gasteiger partial charge on any atom is 0.257 e. The topological polar surface area (TPSA) is 49.3 Å². The van der Waals surface area contributed by atoms with Crippen LogP contribution in [-0.2, 0) is 4.79 Å². The number of carbonyl (C=O) groups excluding carboxylic acids is 1. The summed E-state index contributed by atoms with van der Waals surface area (Å²) >= 11 is 0. The zero-order valence-electron chi connectivity index (χ0n) is 8.72. The molecule has 1 fully saturated rings. The molecular weight excluding hydrogens is 185 g/mol. The summed E-state index contributed by atoms with van der Waals surface area (Å²) in [6, 6.07) is 0. The van der Waals surface area contributed by atoms with Crippen LogP contribution in [-0.4, -0.2) is 29.3 Å². The van der Waals surface area contributed by atoms with Crippen LogP contribution in [0.5, 0.6) is 0 Å². The monoisotopic (exact) mass is 203 g/mol. The Morgan fingerprint density at radius 3 is 2.64 bits per heavy atom. The molecule has 1 aliphatic rings. The van der Waals surface area contributed by atoms with Gasteiger partial charge in [0, 0.05) is 6.54 Å². The van der Waals surface area contributed by atoms with E-state index in [4.69, 9.17) is 0 Å². The molecule has 0 radical (unpaired) electrons. The zero-order chi connectivity index (χ0) is 10.8. The van der Waals surface area contributed by atoms with Crippen molar-refractivity contribution in [1.82, 2.24) is 5.32 Å². The van der Waals surface area contributed by atoms with E-state index >= 15 is 0 Å². The van der Waals surface area contributed by atoms with E-state index in [0.29, 0.717) is 18.9 Å². The smallest absolute Gasteiger partial charge is 0.257 e. The summed E-state index contributed by atoms with van der Waals surface area (Å²) in [4.78, 5) is 11.2. The van der Waals surface area contributed by atoms with Crippen molar-refractivity contribution in [3.05, 3.63) is 0 Å². The Kier molecular flexibility index (Phi) is 3.48. The summed E-state index contributed by atoms with van der Waals surface area (Å²) in [6.45, 7) is 2.96. The normalized spacial score (nSPS) is 27.7. The van der Waals surface area contributed by atoms with Crippen molar-refractivity contribution in [1.29, 1.82) is 0 Å². The van der Waals surface area contributed by atoms with Gasteiger partial charge in [-0.15, -0.1) is 0 Å². The number of alkyl halides is 1. The number of nitrogens with one attached hydrogen (secondary N) is 1. The average Bonchev–Trinajstić information content (AvgIpc) is 2.45. The quantitative estimate of drug-likeness (QED) is 0.719. The summed E-state index contributed by atoms with van der Waals surface area (Å²) in [6.07, 6.45) is 2.18. The van der Waals surface area contributed by atoms with Crippen LogP contribution in [0.15, 0.2) is 0 Å². The van der Waals surface area contributed by atoms with Crippen LogP contribution < -0.4 is 5.32 Å². The van der Waals surface area contributed by atoms with Gasteiger partial charge in [0.05, 0.1) is 6.10 Å². The number of hydrogen-bond acceptors (Lipinski definition) is 2. The lowest BCUT2D eigenvalue weighted by Gasteiger charge is -2.16. The molecule has 0 aliphatic heterocycles. The second-order valence-electron chi connectivity index (χ2n) is 4.52. The Bertz CT molecular complexity index is 213. The van der Waals surface area contributed by atoms with E-state index in [1.807, 2.05) is 0 Å². The number of hydrogen-bond donors (Lipinski definition) is 2. The van der Waals surface area contributed by atoms with Crippen LogP contribution in [0.1, 0.15) is 33.1 Å². The van der Waals surface area contributed by atoms with E-state index in [2.05, 4.69) is 5.32 Å². The Labute approximate surface area is 83.7 Å². The largest absolute Gasteiger partial charge is 0.393 e. The lowest BCUT2D eigenvalue weighted by atomic mass is 10.1. The SMILES string of the molecule is CC(C)(F)C(=O)NCC1CCC(O)C1. The van der Waals surface area contributed by atoms with Crippen molar-refractivity contribution >= 4 is 5.91 Å². The fraction of sp³-hybridized carbons (Fsp3) is 0.900. The highest BCUT2D eigenvalue weighted by Crippen LogP contribution is 2.24. The molecule has 0 aromatic carbocycles. The van der Waals surface area contributed by atoms with Gasteiger partial charge >= 0.3 is 0 Å². The summed E-state index contributed by atoms with van der Waals surface area (Å²) in [5.74, 6) is -0.268. The van der Waals surface area contributed by atoms with E-state index in [0.717, 1.165) is 12.8 Å². The first-order valence-corrected chi connectivity index (χ1v) is 5.05. The first-order chi connectivity index (χ1) is 6.39. The van der Waals surface area contributed by atoms with Gasteiger partial charge < -0.3 is 10.4 Å². The molecule has 1 saturated carbocycles. The molecule has 2 N–H and O–H groups in total. The van der Waals surface area contributed by atoms with Crippen LogP contribution in [0.2, 0.25) is 0 Å². The molecule has 82 valence electrons. The molecular formula is C10H18FNO2. The van der Waals surface area contributed by atoms with Crippen LogP contribution in [0.4, 0.5) is 4.39 Å². The average molecular weight is 203 g/mol. The molecule has 3 nitrogen and oxygen atoms in total. The first-order valence-electron chi connectivity index (χ1n) is 5.05. The summed E-state index contributed by atoms with van der Waals surface area (Å²) in [5, 5.41) is 11.8. The van der Waals surface area contributed by atoms with Crippen molar-refractivity contribution in [3.8, 4) is 0 Å². The molecule has 0 spiro atoms. The molecule has 0 saturated heterocycles. The van der Waals surface area contributed by atoms with Gasteiger partial charge in [0.2, 0.25) is 0 Å². The van der Waals surface area contributed by atoms with Crippen LogP contribution in [0.3, 0.4) is 0 Å². The van der Waals surface area contributed by atoms with E-state index in [-0.39, 0.29) is 6.10 Å². The van der Waals surface area contributed by atoms with Gasteiger partial charge in [-0.05, 0) is 39.0 Å². The molecule has 0 aromatic heterocycles. The standard InChI is InChI=1S/C10H18FNO2/c1-10(2,11)9(14)12-6-7-3-4-8(13)5-7/h7-8,13H,3-6H2,1-2H3,(H,12,14). The lowest BCUT2D eigenvalue weighted by molar-refractivity contribution is -0.130. The number of rotatable bonds is 3. The fourth-order valence-electron chi connectivity index (χ4n) is 1.68. The number of aliphatic hydroxyl groups excluding tert-OH is 1. The Hall–Kier alpha value is -0.640. The van der Waals surface area contributed by atoms with Gasteiger partial charge in [0.15, 0.2) is 5.67 Å². The third-order valence-corrected chi connectivity index (χ3v) is 2.60. The number of halogens is 1. The fourth-order valence-corrected chi connectivity index (χ4v) is 1.68. The van der Waals surface area contributed by atoms with Gasteiger partial charge in [-0.3, -0.25) is 4.79 Å². The molecule has 0 heterocycles. The number of amides is 1. The minimum Gasteiger partial charge on any atom is -0.393 e. The minimum absolute atomic E-state index is 0.240. The van der Waals surface area contributed by atoms with Gasteiger partial charge in [0.1, 0.15) is 0 Å². The molecule has 2 unspecified atom stereocenters. The van der Waals surface area contributed by atoms with Crippen LogP contribution in [0, 0.1) is 5.92 Å². The lowest BCUT2D eigenvalue weighted by Crippen LogP contribution is -2.40. The predicted molar refractivity (Wildman–Crippen MR) is 51.5 cm³/mol. The van der Waals surface area contributed by atoms with Crippen molar-refractivity contribution in [2.24, 2.45) is 5.92 Å². The van der Waals surface area contributed by atoms with E-state index in [1.165, 1.54) is 13.8 Å².